The van der Waals surface area contributed by atoms with Gasteiger partial charge in [0.2, 0.25) is 0 Å². The Bertz CT molecular complexity index is 518. The highest BCUT2D eigenvalue weighted by molar-refractivity contribution is 9.08. The largest absolute Gasteiger partial charge is 0.449 e. The lowest BCUT2D eigenvalue weighted by atomic mass is 10.2. The van der Waals surface area contributed by atoms with Crippen LogP contribution >= 0.6 is 15.9 Å². The summed E-state index contributed by atoms with van der Waals surface area (Å²) in [6.07, 6.45) is -1.01. The van der Waals surface area contributed by atoms with Gasteiger partial charge in [-0.05, 0) is 18.6 Å². The average Bonchev–Trinajstić information content (AvgIpc) is 2.28. The van der Waals surface area contributed by atoms with Crippen LogP contribution in [0.25, 0.3) is 0 Å². The number of ether oxygens (including phenoxy) is 1. The Morgan fingerprint density at radius 1 is 1.39 bits per heavy atom. The molecule has 2 N–H and O–H groups in total. The second-order valence-electron chi connectivity index (χ2n) is 3.22. The molecular weight excluding hydrogens is 324 g/mol. The Morgan fingerprint density at radius 2 is 2.06 bits per heavy atom. The van der Waals surface area contributed by atoms with E-state index >= 15 is 0 Å². The van der Waals surface area contributed by atoms with Gasteiger partial charge < -0.3 is 4.74 Å². The van der Waals surface area contributed by atoms with Crippen LogP contribution in [0, 0.1) is 0 Å². The van der Waals surface area contributed by atoms with E-state index in [9.17, 15) is 13.2 Å². The molecule has 1 rings (SSSR count). The molecule has 0 saturated carbocycles. The van der Waals surface area contributed by atoms with Gasteiger partial charge in [-0.2, -0.15) is 8.42 Å². The Balaban J connectivity index is 2.79. The highest BCUT2D eigenvalue weighted by atomic mass is 79.9. The summed E-state index contributed by atoms with van der Waals surface area (Å²) < 4.78 is 31.7. The van der Waals surface area contributed by atoms with E-state index in [0.717, 1.165) is 5.56 Å². The number of para-hydroxylation sites is 1. The van der Waals surface area contributed by atoms with Gasteiger partial charge in [-0.25, -0.2) is 9.52 Å². The maximum atomic E-state index is 11.6. The quantitative estimate of drug-likeness (QED) is 0.805. The first-order chi connectivity index (χ1) is 8.48. The summed E-state index contributed by atoms with van der Waals surface area (Å²) in [4.78, 5) is 11.0. The third-order valence-corrected chi connectivity index (χ3v) is 3.43. The topological polar surface area (TPSA) is 84.5 Å². The minimum Gasteiger partial charge on any atom is -0.449 e. The summed E-state index contributed by atoms with van der Waals surface area (Å²) in [5.41, 5.74) is 1.15. The number of carbonyl (C=O) groups is 1. The number of rotatable bonds is 5. The molecule has 0 saturated heterocycles. The molecule has 18 heavy (non-hydrogen) atoms. The van der Waals surface area contributed by atoms with Gasteiger partial charge in [-0.3, -0.25) is 4.72 Å². The Labute approximate surface area is 114 Å². The minimum absolute atomic E-state index is 0.0966. The first kappa shape index (κ1) is 14.8. The Kier molecular flexibility index (Phi) is 5.42. The van der Waals surface area contributed by atoms with Crippen LogP contribution < -0.4 is 9.44 Å². The zero-order valence-electron chi connectivity index (χ0n) is 9.64. The van der Waals surface area contributed by atoms with E-state index in [2.05, 4.69) is 25.4 Å². The predicted molar refractivity (Wildman–Crippen MR) is 71.8 cm³/mol. The Morgan fingerprint density at radius 3 is 2.67 bits per heavy atom. The lowest BCUT2D eigenvalue weighted by Gasteiger charge is -2.11. The van der Waals surface area contributed by atoms with Crippen molar-refractivity contribution in [3.05, 3.63) is 29.8 Å². The molecule has 0 unspecified atom stereocenters. The van der Waals surface area contributed by atoms with Gasteiger partial charge in [-0.15, -0.1) is 0 Å². The highest BCUT2D eigenvalue weighted by Gasteiger charge is 2.16. The van der Waals surface area contributed by atoms with Gasteiger partial charge in [0.05, 0.1) is 12.3 Å². The van der Waals surface area contributed by atoms with E-state index in [0.29, 0.717) is 11.0 Å². The third kappa shape index (κ3) is 4.53. The van der Waals surface area contributed by atoms with E-state index in [-0.39, 0.29) is 6.61 Å². The minimum atomic E-state index is -3.98. The van der Waals surface area contributed by atoms with E-state index < -0.39 is 16.3 Å². The molecule has 0 heterocycles. The van der Waals surface area contributed by atoms with Crippen molar-refractivity contribution in [1.29, 1.82) is 0 Å². The fourth-order valence-electron chi connectivity index (χ4n) is 1.18. The zero-order valence-corrected chi connectivity index (χ0v) is 12.0. The fourth-order valence-corrected chi connectivity index (χ4v) is 2.48. The fraction of sp³-hybridized carbons (Fsp3) is 0.300. The van der Waals surface area contributed by atoms with Gasteiger partial charge in [0.15, 0.2) is 0 Å². The van der Waals surface area contributed by atoms with E-state index in [1.807, 2.05) is 0 Å². The zero-order chi connectivity index (χ0) is 13.6. The van der Waals surface area contributed by atoms with Gasteiger partial charge in [0.1, 0.15) is 0 Å². The summed E-state index contributed by atoms with van der Waals surface area (Å²) in [5.74, 6) is 0. The maximum absolute atomic E-state index is 11.6. The van der Waals surface area contributed by atoms with Crippen LogP contribution in [-0.2, 0) is 20.3 Å². The smallest absolute Gasteiger partial charge is 0.422 e. The summed E-state index contributed by atoms with van der Waals surface area (Å²) in [6.45, 7) is 1.68. The second-order valence-corrected chi connectivity index (χ2v) is 5.19. The van der Waals surface area contributed by atoms with Crippen LogP contribution in [0.2, 0.25) is 0 Å². The molecule has 1 aromatic rings. The summed E-state index contributed by atoms with van der Waals surface area (Å²) >= 11 is 3.24. The Hall–Kier alpha value is -1.28. The number of carbonyl (C=O) groups excluding carboxylic acids is 1. The molecule has 0 aliphatic carbocycles. The molecule has 0 radical (unpaired) electrons. The maximum Gasteiger partial charge on any atom is 0.422 e. The van der Waals surface area contributed by atoms with Gasteiger partial charge in [-0.1, -0.05) is 34.1 Å². The van der Waals surface area contributed by atoms with Crippen molar-refractivity contribution < 1.29 is 17.9 Å². The number of hydrogen-bond donors (Lipinski definition) is 2. The van der Waals surface area contributed by atoms with E-state index in [1.165, 1.54) is 0 Å². The number of nitrogens with one attached hydrogen (secondary N) is 2. The molecular formula is C10H13BrN2O4S. The summed E-state index contributed by atoms with van der Waals surface area (Å²) in [7, 11) is -3.98. The second kappa shape index (κ2) is 6.60. The lowest BCUT2D eigenvalue weighted by molar-refractivity contribution is 0.159. The van der Waals surface area contributed by atoms with Crippen molar-refractivity contribution in [1.82, 2.24) is 4.72 Å². The molecule has 0 aliphatic rings. The molecule has 0 fully saturated rings. The van der Waals surface area contributed by atoms with Crippen molar-refractivity contribution in [3.63, 3.8) is 0 Å². The van der Waals surface area contributed by atoms with Gasteiger partial charge >= 0.3 is 16.3 Å². The van der Waals surface area contributed by atoms with Crippen LogP contribution in [0.4, 0.5) is 10.5 Å². The molecule has 8 heteroatoms. The van der Waals surface area contributed by atoms with E-state index in [4.69, 9.17) is 0 Å². The number of amides is 1. The monoisotopic (exact) mass is 336 g/mol. The van der Waals surface area contributed by atoms with E-state index in [1.54, 1.807) is 35.9 Å². The molecule has 100 valence electrons. The lowest BCUT2D eigenvalue weighted by Crippen LogP contribution is -2.35. The summed E-state index contributed by atoms with van der Waals surface area (Å²) in [5, 5.41) is 0.491. The molecule has 0 aromatic heterocycles. The average molecular weight is 337 g/mol. The normalized spacial score (nSPS) is 10.8. The van der Waals surface area contributed by atoms with Gasteiger partial charge in [0.25, 0.3) is 0 Å². The number of alkyl halides is 1. The molecule has 0 aliphatic heterocycles. The van der Waals surface area contributed by atoms with Crippen LogP contribution in [-0.4, -0.2) is 21.1 Å². The molecule has 0 spiro atoms. The number of benzene rings is 1. The van der Waals surface area contributed by atoms with Gasteiger partial charge in [0, 0.05) is 5.33 Å². The third-order valence-electron chi connectivity index (χ3n) is 1.90. The molecule has 6 nitrogen and oxygen atoms in total. The summed E-state index contributed by atoms with van der Waals surface area (Å²) in [6, 6.07) is 6.83. The van der Waals surface area contributed by atoms with Crippen LogP contribution in [0.1, 0.15) is 12.5 Å². The van der Waals surface area contributed by atoms with Crippen molar-refractivity contribution in [2.24, 2.45) is 0 Å². The van der Waals surface area contributed by atoms with Crippen molar-refractivity contribution in [3.8, 4) is 0 Å². The highest BCUT2D eigenvalue weighted by Crippen LogP contribution is 2.18. The van der Waals surface area contributed by atoms with Crippen molar-refractivity contribution in [2.45, 2.75) is 12.3 Å². The SMILES string of the molecule is CCOC(=O)NS(=O)(=O)Nc1ccccc1CBr. The molecule has 0 atom stereocenters. The van der Waals surface area contributed by atoms with Crippen LogP contribution in [0.5, 0.6) is 0 Å². The van der Waals surface area contributed by atoms with Crippen molar-refractivity contribution >= 4 is 37.9 Å². The molecule has 1 amide bonds. The predicted octanol–water partition coefficient (Wildman–Crippen LogP) is 1.98. The van der Waals surface area contributed by atoms with Crippen molar-refractivity contribution in [2.75, 3.05) is 11.3 Å². The standard InChI is InChI=1S/C10H13BrN2O4S/c1-2-17-10(14)13-18(15,16)12-9-6-4-3-5-8(9)7-11/h3-6,12H,2,7H2,1H3,(H,13,14). The number of anilines is 1. The first-order valence-electron chi connectivity index (χ1n) is 5.09. The number of halogens is 1. The molecule has 0 bridgehead atoms. The van der Waals surface area contributed by atoms with Crippen LogP contribution in [0.15, 0.2) is 24.3 Å². The van der Waals surface area contributed by atoms with Crippen LogP contribution in [0.3, 0.4) is 0 Å². The first-order valence-corrected chi connectivity index (χ1v) is 7.70. The molecule has 1 aromatic carbocycles. The number of hydrogen-bond acceptors (Lipinski definition) is 4.